The van der Waals surface area contributed by atoms with Gasteiger partial charge in [0.1, 0.15) is 5.75 Å². The Labute approximate surface area is 115 Å². The minimum atomic E-state index is -0.158. The summed E-state index contributed by atoms with van der Waals surface area (Å²) in [4.78, 5) is 12.0. The van der Waals surface area contributed by atoms with Crippen molar-refractivity contribution < 1.29 is 9.53 Å². The summed E-state index contributed by atoms with van der Waals surface area (Å²) < 4.78 is 5.34. The highest BCUT2D eigenvalue weighted by molar-refractivity contribution is 5.94. The van der Waals surface area contributed by atoms with Crippen molar-refractivity contribution in [1.82, 2.24) is 0 Å². The van der Waals surface area contributed by atoms with Gasteiger partial charge in [-0.25, -0.2) is 0 Å². The smallest absolute Gasteiger partial charge is 0.228 e. The molecule has 1 unspecified atom stereocenters. The summed E-state index contributed by atoms with van der Waals surface area (Å²) in [5.41, 5.74) is 7.46. The third-order valence-electron chi connectivity index (χ3n) is 3.30. The molecule has 0 aliphatic carbocycles. The highest BCUT2D eigenvalue weighted by atomic mass is 16.5. The predicted molar refractivity (Wildman–Crippen MR) is 78.5 cm³/mol. The first-order valence-electron chi connectivity index (χ1n) is 6.72. The van der Waals surface area contributed by atoms with Gasteiger partial charge in [-0.3, -0.25) is 4.79 Å². The lowest BCUT2D eigenvalue weighted by Gasteiger charge is -2.16. The third kappa shape index (κ3) is 3.96. The Morgan fingerprint density at radius 2 is 2.11 bits per heavy atom. The van der Waals surface area contributed by atoms with Crippen LogP contribution in [0.1, 0.15) is 38.7 Å². The first-order chi connectivity index (χ1) is 9.03. The second-order valence-electron chi connectivity index (χ2n) is 4.94. The van der Waals surface area contributed by atoms with E-state index < -0.39 is 0 Å². The summed E-state index contributed by atoms with van der Waals surface area (Å²) in [7, 11) is 1.61. The molecule has 1 aromatic rings. The van der Waals surface area contributed by atoms with Gasteiger partial charge < -0.3 is 15.8 Å². The zero-order valence-electron chi connectivity index (χ0n) is 12.2. The number of nitrogens with one attached hydrogen (secondary N) is 1. The number of nitrogens with two attached hydrogens (primary N) is 1. The highest BCUT2D eigenvalue weighted by Crippen LogP contribution is 2.29. The normalized spacial score (nSPS) is 12.3. The molecular weight excluding hydrogens is 240 g/mol. The zero-order valence-corrected chi connectivity index (χ0v) is 12.2. The van der Waals surface area contributed by atoms with Gasteiger partial charge in [0.2, 0.25) is 5.91 Å². The van der Waals surface area contributed by atoms with Crippen LogP contribution < -0.4 is 15.8 Å². The molecule has 0 bridgehead atoms. The summed E-state index contributed by atoms with van der Waals surface area (Å²) >= 11 is 0. The molecule has 0 heterocycles. The number of carbonyl (C=O) groups excluding carboxylic acids is 1. The van der Waals surface area contributed by atoms with Gasteiger partial charge in [-0.05, 0) is 30.0 Å². The third-order valence-corrected chi connectivity index (χ3v) is 3.30. The first kappa shape index (κ1) is 15.5. The molecule has 106 valence electrons. The molecule has 0 spiro atoms. The van der Waals surface area contributed by atoms with Crippen LogP contribution in [0, 0.1) is 5.92 Å². The van der Waals surface area contributed by atoms with Crippen molar-refractivity contribution in [3.63, 3.8) is 0 Å². The number of carbonyl (C=O) groups is 1. The molecule has 0 fully saturated rings. The lowest BCUT2D eigenvalue weighted by atomic mass is 10.0. The summed E-state index contributed by atoms with van der Waals surface area (Å²) in [6, 6.07) is 5.85. The largest absolute Gasteiger partial charge is 0.495 e. The van der Waals surface area contributed by atoms with Gasteiger partial charge in [0, 0.05) is 6.54 Å². The number of anilines is 1. The van der Waals surface area contributed by atoms with Gasteiger partial charge in [-0.2, -0.15) is 0 Å². The average Bonchev–Trinajstić information content (AvgIpc) is 2.40. The monoisotopic (exact) mass is 264 g/mol. The summed E-state index contributed by atoms with van der Waals surface area (Å²) in [6.07, 6.45) is 0.731. The van der Waals surface area contributed by atoms with E-state index in [0.717, 1.165) is 6.42 Å². The summed E-state index contributed by atoms with van der Waals surface area (Å²) in [5, 5.41) is 2.89. The number of hydrogen-bond acceptors (Lipinski definition) is 3. The Bertz CT molecular complexity index is 426. The van der Waals surface area contributed by atoms with Gasteiger partial charge >= 0.3 is 0 Å². The van der Waals surface area contributed by atoms with Crippen LogP contribution in [0.2, 0.25) is 0 Å². The van der Waals surface area contributed by atoms with E-state index >= 15 is 0 Å². The Morgan fingerprint density at radius 3 is 2.58 bits per heavy atom. The van der Waals surface area contributed by atoms with Crippen molar-refractivity contribution in [3.8, 4) is 5.75 Å². The maximum Gasteiger partial charge on any atom is 0.228 e. The molecule has 4 nitrogen and oxygen atoms in total. The van der Waals surface area contributed by atoms with Gasteiger partial charge in [0.25, 0.3) is 0 Å². The van der Waals surface area contributed by atoms with Crippen LogP contribution in [0.5, 0.6) is 5.75 Å². The molecule has 1 amide bonds. The molecular formula is C15H24N2O2. The molecule has 0 aliphatic rings. The van der Waals surface area contributed by atoms with Crippen molar-refractivity contribution >= 4 is 11.6 Å². The highest BCUT2D eigenvalue weighted by Gasteiger charge is 2.16. The van der Waals surface area contributed by atoms with Crippen LogP contribution in [0.25, 0.3) is 0 Å². The fourth-order valence-corrected chi connectivity index (χ4v) is 1.86. The Morgan fingerprint density at radius 1 is 1.42 bits per heavy atom. The van der Waals surface area contributed by atoms with E-state index in [9.17, 15) is 4.79 Å². The maximum atomic E-state index is 12.0. The average molecular weight is 264 g/mol. The number of hydrogen-bond donors (Lipinski definition) is 2. The zero-order chi connectivity index (χ0) is 14.4. The number of benzene rings is 1. The first-order valence-corrected chi connectivity index (χ1v) is 6.72. The van der Waals surface area contributed by atoms with Crippen LogP contribution in [0.3, 0.4) is 0 Å². The van der Waals surface area contributed by atoms with E-state index in [1.165, 1.54) is 5.56 Å². The Kier molecular flexibility index (Phi) is 5.83. The lowest BCUT2D eigenvalue weighted by molar-refractivity contribution is -0.119. The van der Waals surface area contributed by atoms with Crippen molar-refractivity contribution in [2.75, 3.05) is 19.0 Å². The van der Waals surface area contributed by atoms with Gasteiger partial charge in [0.05, 0.1) is 18.7 Å². The minimum absolute atomic E-state index is 0.0550. The van der Waals surface area contributed by atoms with E-state index in [-0.39, 0.29) is 11.8 Å². The standard InChI is InChI=1S/C15H24N2O2/c1-5-11(9-16)15(18)17-13-7-6-12(10(2)3)8-14(13)19-4/h6-8,10-11H,5,9,16H2,1-4H3,(H,17,18). The van der Waals surface area contributed by atoms with E-state index in [1.807, 2.05) is 25.1 Å². The molecule has 0 saturated heterocycles. The SMILES string of the molecule is CCC(CN)C(=O)Nc1ccc(C(C)C)cc1OC. The van der Waals surface area contributed by atoms with Crippen LogP contribution in [0.4, 0.5) is 5.69 Å². The van der Waals surface area contributed by atoms with Crippen LogP contribution in [0.15, 0.2) is 18.2 Å². The van der Waals surface area contributed by atoms with Crippen molar-refractivity contribution in [3.05, 3.63) is 23.8 Å². The quantitative estimate of drug-likeness (QED) is 0.830. The van der Waals surface area contributed by atoms with Crippen molar-refractivity contribution in [2.24, 2.45) is 11.7 Å². The fourth-order valence-electron chi connectivity index (χ4n) is 1.86. The van der Waals surface area contributed by atoms with E-state index in [0.29, 0.717) is 23.9 Å². The van der Waals surface area contributed by atoms with Crippen LogP contribution in [-0.4, -0.2) is 19.6 Å². The van der Waals surface area contributed by atoms with Crippen LogP contribution >= 0.6 is 0 Å². The molecule has 0 saturated carbocycles. The van der Waals surface area contributed by atoms with Gasteiger partial charge in [-0.15, -0.1) is 0 Å². The second kappa shape index (κ2) is 7.14. The molecule has 0 aromatic heterocycles. The van der Waals surface area contributed by atoms with Gasteiger partial charge in [-0.1, -0.05) is 26.8 Å². The molecule has 1 aromatic carbocycles. The fraction of sp³-hybridized carbons (Fsp3) is 0.533. The predicted octanol–water partition coefficient (Wildman–Crippen LogP) is 2.74. The second-order valence-corrected chi connectivity index (χ2v) is 4.94. The Hall–Kier alpha value is -1.55. The number of methoxy groups -OCH3 is 1. The molecule has 19 heavy (non-hydrogen) atoms. The molecule has 4 heteroatoms. The molecule has 1 rings (SSSR count). The summed E-state index contributed by atoms with van der Waals surface area (Å²) in [5.74, 6) is 0.896. The van der Waals surface area contributed by atoms with Crippen LogP contribution in [-0.2, 0) is 4.79 Å². The van der Waals surface area contributed by atoms with E-state index in [1.54, 1.807) is 7.11 Å². The topological polar surface area (TPSA) is 64.4 Å². The molecule has 0 aliphatic heterocycles. The molecule has 3 N–H and O–H groups in total. The maximum absolute atomic E-state index is 12.0. The van der Waals surface area contributed by atoms with Gasteiger partial charge in [0.15, 0.2) is 0 Å². The van der Waals surface area contributed by atoms with Crippen molar-refractivity contribution in [2.45, 2.75) is 33.1 Å². The number of rotatable bonds is 6. The number of ether oxygens (including phenoxy) is 1. The van der Waals surface area contributed by atoms with Crippen molar-refractivity contribution in [1.29, 1.82) is 0 Å². The minimum Gasteiger partial charge on any atom is -0.495 e. The van der Waals surface area contributed by atoms with E-state index in [4.69, 9.17) is 10.5 Å². The summed E-state index contributed by atoms with van der Waals surface area (Å²) in [6.45, 7) is 6.55. The lowest BCUT2D eigenvalue weighted by Crippen LogP contribution is -2.28. The van der Waals surface area contributed by atoms with E-state index in [2.05, 4.69) is 19.2 Å². The Balaban J connectivity index is 2.92. The molecule has 0 radical (unpaired) electrons. The number of amides is 1. The molecule has 1 atom stereocenters.